The lowest BCUT2D eigenvalue weighted by Crippen LogP contribution is -2.35. The molecule has 1 amide bonds. The molecule has 1 heterocycles. The number of fused-ring (bicyclic) bond motifs is 2. The highest BCUT2D eigenvalue weighted by atomic mass is 32.1. The van der Waals surface area contributed by atoms with Gasteiger partial charge in [-0.3, -0.25) is 14.8 Å². The van der Waals surface area contributed by atoms with Gasteiger partial charge in [-0.1, -0.05) is 56.0 Å². The zero-order valence-electron chi connectivity index (χ0n) is 29.9. The van der Waals surface area contributed by atoms with Gasteiger partial charge in [-0.2, -0.15) is 0 Å². The molecule has 0 saturated heterocycles. The Balaban J connectivity index is 1.29. The van der Waals surface area contributed by atoms with Gasteiger partial charge in [0.25, 0.3) is 5.91 Å². The molecule has 3 aromatic rings. The molecule has 2 aliphatic rings. The van der Waals surface area contributed by atoms with E-state index < -0.39 is 17.8 Å². The largest absolute Gasteiger partial charge is 0.508 e. The van der Waals surface area contributed by atoms with E-state index in [4.69, 9.17) is 27.5 Å². The smallest absolute Gasteiger partial charge is 0.336 e. The second-order valence-electron chi connectivity index (χ2n) is 13.0. The number of aromatic carboxylic acids is 1. The Morgan fingerprint density at radius 1 is 0.800 bits per heavy atom. The molecule has 0 bridgehead atoms. The fourth-order valence-electron chi connectivity index (χ4n) is 6.23. The summed E-state index contributed by atoms with van der Waals surface area (Å²) in [7, 11) is 0. The van der Waals surface area contributed by atoms with Gasteiger partial charge < -0.3 is 35.7 Å². The number of hydrogen-bond acceptors (Lipinski definition) is 9. The highest BCUT2D eigenvalue weighted by Gasteiger charge is 2.23. The number of phenols is 1. The van der Waals surface area contributed by atoms with Crippen LogP contribution in [0, 0.1) is 0 Å². The molecule has 0 spiro atoms. The van der Waals surface area contributed by atoms with E-state index in [1.165, 1.54) is 30.3 Å². The van der Waals surface area contributed by atoms with Crippen molar-refractivity contribution >= 4 is 51.8 Å². The van der Waals surface area contributed by atoms with Crippen molar-refractivity contribution in [1.82, 2.24) is 9.96 Å². The molecule has 3 aromatic carbocycles. The number of amides is 1. The number of benzene rings is 4. The Hall–Kier alpha value is -6.09. The summed E-state index contributed by atoms with van der Waals surface area (Å²) in [6.45, 7) is 1.64. The van der Waals surface area contributed by atoms with Crippen LogP contribution in [0.1, 0.15) is 60.0 Å². The van der Waals surface area contributed by atoms with Crippen molar-refractivity contribution in [3.8, 4) is 28.2 Å². The molecule has 0 fully saturated rings. The van der Waals surface area contributed by atoms with Crippen LogP contribution < -0.4 is 16.5 Å². The number of hydroxylamine groups is 2. The summed E-state index contributed by atoms with van der Waals surface area (Å²) in [5, 5.41) is 43.7. The number of aromatic hydroxyl groups is 1. The number of carbonyl (C=O) groups excluding carboxylic acids is 1. The summed E-state index contributed by atoms with van der Waals surface area (Å²) in [5.41, 5.74) is 9.77. The highest BCUT2D eigenvalue weighted by Crippen LogP contribution is 2.42. The summed E-state index contributed by atoms with van der Waals surface area (Å²) in [6, 6.07) is 21.8. The van der Waals surface area contributed by atoms with Gasteiger partial charge in [0.1, 0.15) is 17.1 Å². The Kier molecular flexibility index (Phi) is 13.7. The number of nitrogens with two attached hydrogens (primary N) is 1. The standard InChI is InChI=1S/C41H42N4O9S/c42-24-26-7-9-27(10-8-26)25-44(19-5-3-1-2-4-6-20-45(53)37(48)17-18-38(49)50)41(55)43-28-11-14-31(34(21-28)40(51)52)39-32-15-12-29(46)22-35(32)54-36-23-30(47)13-16-33(36)39/h7-18,21-23,46,53H,1-6,19-20,24-25,42H2,(H,43,55)(H,49,50)(H,51,52)/b18-17+. The van der Waals surface area contributed by atoms with Gasteiger partial charge in [-0.15, -0.1) is 0 Å². The Morgan fingerprint density at radius 2 is 1.47 bits per heavy atom. The Bertz CT molecular complexity index is 2240. The van der Waals surface area contributed by atoms with Crippen LogP contribution in [0.2, 0.25) is 0 Å². The van der Waals surface area contributed by atoms with Gasteiger partial charge in [0.15, 0.2) is 10.5 Å². The van der Waals surface area contributed by atoms with Crippen molar-refractivity contribution in [2.45, 2.75) is 51.6 Å². The van der Waals surface area contributed by atoms with Crippen molar-refractivity contribution < 1.29 is 39.3 Å². The van der Waals surface area contributed by atoms with E-state index in [0.29, 0.717) is 75.7 Å². The maximum atomic E-state index is 12.8. The molecule has 0 atom stereocenters. The molecule has 5 rings (SSSR count). The number of phenolic OH excluding ortho intramolecular Hbond substituents is 1. The summed E-state index contributed by atoms with van der Waals surface area (Å²) in [6.07, 6.45) is 6.32. The van der Waals surface area contributed by atoms with E-state index in [0.717, 1.165) is 49.3 Å². The molecule has 13 nitrogen and oxygen atoms in total. The van der Waals surface area contributed by atoms with Gasteiger partial charge in [-0.25, -0.2) is 14.7 Å². The molecule has 286 valence electrons. The molecule has 0 aromatic heterocycles. The second kappa shape index (κ2) is 18.8. The Labute approximate surface area is 322 Å². The SMILES string of the molecule is NCc1ccc(CN(CCCCCCCCN(O)C(=O)/C=C/C(=O)O)C(=S)Nc2ccc(-c3c4ccc(=O)cc-4oc4cc(O)ccc34)c(C(=O)O)c2)cc1. The molecule has 7 N–H and O–H groups in total. The quantitative estimate of drug-likeness (QED) is 0.0144. The number of aliphatic carboxylic acids is 1. The molecule has 14 heteroatoms. The van der Waals surface area contributed by atoms with E-state index in [9.17, 15) is 34.6 Å². The van der Waals surface area contributed by atoms with Crippen LogP contribution >= 0.6 is 12.2 Å². The molecular weight excluding hydrogens is 725 g/mol. The molecule has 0 saturated carbocycles. The Morgan fingerprint density at radius 3 is 2.16 bits per heavy atom. The number of carboxylic acid groups (broad SMARTS) is 2. The maximum absolute atomic E-state index is 12.8. The zero-order chi connectivity index (χ0) is 39.5. The molecule has 0 radical (unpaired) electrons. The molecule has 0 unspecified atom stereocenters. The third-order valence-electron chi connectivity index (χ3n) is 9.04. The number of nitrogens with one attached hydrogen (secondary N) is 1. The second-order valence-corrected chi connectivity index (χ2v) is 13.4. The first kappa shape index (κ1) is 40.1. The number of unbranched alkanes of at least 4 members (excludes halogenated alkanes) is 5. The first-order valence-electron chi connectivity index (χ1n) is 17.8. The van der Waals surface area contributed by atoms with Crippen molar-refractivity contribution in [2.75, 3.05) is 18.4 Å². The van der Waals surface area contributed by atoms with Crippen molar-refractivity contribution in [3.63, 3.8) is 0 Å². The van der Waals surface area contributed by atoms with E-state index in [1.54, 1.807) is 24.3 Å². The lowest BCUT2D eigenvalue weighted by Gasteiger charge is -2.26. The van der Waals surface area contributed by atoms with Crippen LogP contribution in [0.5, 0.6) is 5.75 Å². The van der Waals surface area contributed by atoms with E-state index in [1.807, 2.05) is 29.2 Å². The van der Waals surface area contributed by atoms with E-state index in [-0.39, 0.29) is 29.0 Å². The topological polar surface area (TPSA) is 207 Å². The minimum atomic E-state index is -1.27. The van der Waals surface area contributed by atoms with Gasteiger partial charge in [0.2, 0.25) is 0 Å². The van der Waals surface area contributed by atoms with Gasteiger partial charge >= 0.3 is 11.9 Å². The third kappa shape index (κ3) is 10.8. The monoisotopic (exact) mass is 766 g/mol. The lowest BCUT2D eigenvalue weighted by molar-refractivity contribution is -0.159. The number of thiocarbonyl (C=S) groups is 1. The highest BCUT2D eigenvalue weighted by molar-refractivity contribution is 7.80. The minimum absolute atomic E-state index is 0.00444. The number of anilines is 1. The zero-order valence-corrected chi connectivity index (χ0v) is 30.8. The van der Waals surface area contributed by atoms with Crippen LogP contribution in [-0.4, -0.2) is 66.5 Å². The van der Waals surface area contributed by atoms with Crippen molar-refractivity contribution in [1.29, 1.82) is 0 Å². The van der Waals surface area contributed by atoms with Crippen LogP contribution in [0.3, 0.4) is 0 Å². The molecule has 1 aliphatic heterocycles. The normalized spacial score (nSPS) is 11.2. The fraction of sp³-hybridized carbons (Fsp3) is 0.244. The van der Waals surface area contributed by atoms with E-state index in [2.05, 4.69) is 5.32 Å². The number of rotatable bonds is 17. The number of carbonyl (C=O) groups is 3. The fourth-order valence-corrected chi connectivity index (χ4v) is 6.51. The lowest BCUT2D eigenvalue weighted by atomic mass is 9.90. The van der Waals surface area contributed by atoms with Crippen molar-refractivity contribution in [2.24, 2.45) is 5.73 Å². The van der Waals surface area contributed by atoms with Gasteiger partial charge in [0, 0.05) is 72.7 Å². The first-order valence-corrected chi connectivity index (χ1v) is 18.2. The average Bonchev–Trinajstić information content (AvgIpc) is 3.16. The van der Waals surface area contributed by atoms with Crippen molar-refractivity contribution in [3.05, 3.63) is 118 Å². The number of nitrogens with zero attached hydrogens (tertiary/aromatic N) is 2. The minimum Gasteiger partial charge on any atom is -0.508 e. The van der Waals surface area contributed by atoms with Crippen LogP contribution in [-0.2, 0) is 22.7 Å². The summed E-state index contributed by atoms with van der Waals surface area (Å²) in [5.74, 6) is -3.00. The summed E-state index contributed by atoms with van der Waals surface area (Å²) in [4.78, 5) is 49.3. The van der Waals surface area contributed by atoms with E-state index >= 15 is 0 Å². The molecule has 1 aliphatic carbocycles. The number of carboxylic acids is 2. The average molecular weight is 767 g/mol. The summed E-state index contributed by atoms with van der Waals surface area (Å²) < 4.78 is 5.94. The molecule has 55 heavy (non-hydrogen) atoms. The molecular formula is C41H42N4O9S. The predicted molar refractivity (Wildman–Crippen MR) is 212 cm³/mol. The van der Waals surface area contributed by atoms with Gasteiger partial charge in [-0.05, 0) is 78.1 Å². The first-order chi connectivity index (χ1) is 26.4. The van der Waals surface area contributed by atoms with Crippen LogP contribution in [0.25, 0.3) is 33.4 Å². The van der Waals surface area contributed by atoms with Crippen LogP contribution in [0.15, 0.2) is 100 Å². The predicted octanol–water partition coefficient (Wildman–Crippen LogP) is 6.83. The third-order valence-corrected chi connectivity index (χ3v) is 9.40. The number of hydrogen-bond donors (Lipinski definition) is 6. The summed E-state index contributed by atoms with van der Waals surface area (Å²) >= 11 is 5.89. The van der Waals surface area contributed by atoms with Crippen LogP contribution in [0.4, 0.5) is 5.69 Å². The maximum Gasteiger partial charge on any atom is 0.336 e. The van der Waals surface area contributed by atoms with Gasteiger partial charge in [0.05, 0.1) is 5.56 Å².